The van der Waals surface area contributed by atoms with Crippen molar-refractivity contribution in [2.75, 3.05) is 6.54 Å². The van der Waals surface area contributed by atoms with Gasteiger partial charge in [-0.05, 0) is 116 Å². The van der Waals surface area contributed by atoms with Crippen LogP contribution in [0.25, 0.3) is 10.9 Å². The number of nitrogens with one attached hydrogen (secondary N) is 10. The lowest BCUT2D eigenvalue weighted by atomic mass is 9.54. The average Bonchev–Trinajstić information content (AvgIpc) is 3.24. The van der Waals surface area contributed by atoms with E-state index in [1.54, 1.807) is 79.0 Å². The monoisotopic (exact) mass is 1210 g/mol. The number of para-hydroxylation sites is 1. The number of carboxylic acids is 1. The SMILES string of the molecule is CCCC[C@H](NC(=O)[C@@H](Cc1c[nH]c2ccccc12)NC(=O)OC12CC3CC(CC(C3)C1)C2)C(=O)N[C@@H](CC(=O)O)C(=O)N[C@@H](Cc1ccccc1)C(=O)NNC(=O)[C@H](Cc1ccccc1)NC(=O)CNC(=O)[C@@H](C)NC(=O)[C@@H](N)Cc1ccc(O)cc1. The maximum absolute atomic E-state index is 14.6. The second-order valence-electron chi connectivity index (χ2n) is 23.6. The van der Waals surface area contributed by atoms with Crippen molar-refractivity contribution < 1.29 is 62.9 Å². The van der Waals surface area contributed by atoms with Gasteiger partial charge >= 0.3 is 12.1 Å². The van der Waals surface area contributed by atoms with Crippen molar-refractivity contribution in [1.82, 2.24) is 53.1 Å². The number of fused-ring (bicyclic) bond motifs is 1. The van der Waals surface area contributed by atoms with Crippen LogP contribution in [0.1, 0.15) is 100 Å². The van der Waals surface area contributed by atoms with Crippen molar-refractivity contribution in [3.05, 3.63) is 138 Å². The summed E-state index contributed by atoms with van der Waals surface area (Å²) in [5, 5.41) is 38.6. The number of unbranched alkanes of at least 4 members (excludes halogenated alkanes) is 1. The van der Waals surface area contributed by atoms with Crippen LogP contribution in [0.2, 0.25) is 0 Å². The molecule has 0 spiro atoms. The summed E-state index contributed by atoms with van der Waals surface area (Å²) in [4.78, 5) is 140. The van der Waals surface area contributed by atoms with Crippen molar-refractivity contribution in [2.45, 2.75) is 152 Å². The third-order valence-corrected chi connectivity index (χ3v) is 16.6. The number of aliphatic carboxylic acids is 1. The van der Waals surface area contributed by atoms with Gasteiger partial charge in [0.15, 0.2) is 0 Å². The highest BCUT2D eigenvalue weighted by molar-refractivity contribution is 5.98. The molecule has 4 bridgehead atoms. The number of aromatic hydroxyl groups is 1. The van der Waals surface area contributed by atoms with Gasteiger partial charge in [-0.2, -0.15) is 0 Å². The number of hydrazine groups is 1. The molecule has 14 N–H and O–H groups in total. The van der Waals surface area contributed by atoms with E-state index < -0.39 is 120 Å². The number of nitrogens with two attached hydrogens (primary N) is 1. The summed E-state index contributed by atoms with van der Waals surface area (Å²) in [7, 11) is 0. The van der Waals surface area contributed by atoms with Crippen LogP contribution in [0, 0.1) is 17.8 Å². The Balaban J connectivity index is 0.913. The number of phenols is 1. The molecule has 4 aliphatic carbocycles. The predicted octanol–water partition coefficient (Wildman–Crippen LogP) is 2.91. The molecule has 0 radical (unpaired) electrons. The van der Waals surface area contributed by atoms with E-state index in [-0.39, 0.29) is 37.9 Å². The van der Waals surface area contributed by atoms with Gasteiger partial charge in [0.1, 0.15) is 47.6 Å². The van der Waals surface area contributed by atoms with Gasteiger partial charge in [-0.1, -0.05) is 111 Å². The van der Waals surface area contributed by atoms with Gasteiger partial charge in [-0.15, -0.1) is 0 Å². The molecule has 88 heavy (non-hydrogen) atoms. The van der Waals surface area contributed by atoms with Crippen molar-refractivity contribution in [1.29, 1.82) is 0 Å². The van der Waals surface area contributed by atoms with Gasteiger partial charge in [-0.3, -0.25) is 54.0 Å². The lowest BCUT2D eigenvalue weighted by Gasteiger charge is -2.55. The van der Waals surface area contributed by atoms with Gasteiger partial charge in [0.05, 0.1) is 19.0 Å². The van der Waals surface area contributed by atoms with Crippen molar-refractivity contribution in [3.63, 3.8) is 0 Å². The Morgan fingerprint density at radius 1 is 0.580 bits per heavy atom. The molecule has 9 amide bonds. The summed E-state index contributed by atoms with van der Waals surface area (Å²) < 4.78 is 6.27. The van der Waals surface area contributed by atoms with E-state index in [9.17, 15) is 58.2 Å². The number of hydrogen-bond acceptors (Lipinski definition) is 13. The molecule has 0 aliphatic heterocycles. The van der Waals surface area contributed by atoms with Gasteiger partial charge < -0.3 is 62.9 Å². The van der Waals surface area contributed by atoms with E-state index >= 15 is 0 Å². The largest absolute Gasteiger partial charge is 0.508 e. The van der Waals surface area contributed by atoms with Gasteiger partial charge in [0.25, 0.3) is 11.8 Å². The number of hydrogen-bond donors (Lipinski definition) is 13. The maximum atomic E-state index is 14.6. The number of alkyl carbamates (subject to hydrolysis) is 1. The Bertz CT molecular complexity index is 3250. The highest BCUT2D eigenvalue weighted by Gasteiger charge is 2.53. The molecule has 4 fully saturated rings. The average molecular weight is 1210 g/mol. The van der Waals surface area contributed by atoms with Crippen LogP contribution >= 0.6 is 0 Å². The first-order valence-corrected chi connectivity index (χ1v) is 30.0. The maximum Gasteiger partial charge on any atom is 0.408 e. The molecule has 0 saturated heterocycles. The Morgan fingerprint density at radius 2 is 1.09 bits per heavy atom. The zero-order valence-electron chi connectivity index (χ0n) is 49.3. The Morgan fingerprint density at radius 3 is 1.68 bits per heavy atom. The molecule has 5 aromatic rings. The van der Waals surface area contributed by atoms with Crippen LogP contribution in [0.4, 0.5) is 4.79 Å². The number of aromatic nitrogens is 1. The molecule has 1 heterocycles. The molecule has 4 saturated carbocycles. The number of benzene rings is 4. The summed E-state index contributed by atoms with van der Waals surface area (Å²) in [6.45, 7) is 2.63. The lowest BCUT2D eigenvalue weighted by Crippen LogP contribution is -2.61. The van der Waals surface area contributed by atoms with Crippen LogP contribution in [0.3, 0.4) is 0 Å². The minimum atomic E-state index is -1.80. The smallest absolute Gasteiger partial charge is 0.408 e. The molecule has 1 aromatic heterocycles. The number of H-pyrrole nitrogens is 1. The van der Waals surface area contributed by atoms with E-state index in [2.05, 4.69) is 53.1 Å². The summed E-state index contributed by atoms with van der Waals surface area (Å²) in [5.41, 5.74) is 13.4. The van der Waals surface area contributed by atoms with E-state index in [0.29, 0.717) is 52.8 Å². The number of carboxylic acid groups (broad SMARTS) is 1. The Hall–Kier alpha value is -9.32. The quantitative estimate of drug-likeness (QED) is 0.0306. The summed E-state index contributed by atoms with van der Waals surface area (Å²) in [6, 6.07) is 21.2. The molecule has 0 unspecified atom stereocenters. The highest BCUT2D eigenvalue weighted by atomic mass is 16.6. The molecular formula is C64H79N11O13. The number of rotatable bonds is 29. The number of ether oxygens (including phenoxy) is 1. The van der Waals surface area contributed by atoms with Crippen LogP contribution in [0.15, 0.2) is 115 Å². The van der Waals surface area contributed by atoms with E-state index in [4.69, 9.17) is 10.5 Å². The molecule has 4 aliphatic rings. The number of carbonyl (C=O) groups excluding carboxylic acids is 9. The molecule has 24 heteroatoms. The number of aromatic amines is 1. The number of amides is 9. The minimum absolute atomic E-state index is 0.0104. The van der Waals surface area contributed by atoms with E-state index in [1.807, 2.05) is 31.2 Å². The highest BCUT2D eigenvalue weighted by Crippen LogP contribution is 2.57. The topological polar surface area (TPSA) is 370 Å². The zero-order chi connectivity index (χ0) is 62.9. The van der Waals surface area contributed by atoms with Crippen LogP contribution < -0.4 is 53.8 Å². The van der Waals surface area contributed by atoms with E-state index in [0.717, 1.165) is 49.4 Å². The second-order valence-corrected chi connectivity index (χ2v) is 23.6. The molecule has 9 rings (SSSR count). The normalized spacial score (nSPS) is 19.6. The first kappa shape index (κ1) is 64.7. The number of carbonyl (C=O) groups is 10. The fourth-order valence-corrected chi connectivity index (χ4v) is 12.5. The number of phenolic OH excluding ortho intramolecular Hbond substituents is 1. The van der Waals surface area contributed by atoms with Crippen molar-refractivity contribution in [3.8, 4) is 5.75 Å². The predicted molar refractivity (Wildman–Crippen MR) is 323 cm³/mol. The standard InChI is InChI=1S/C64H79N11O13/c1-3-4-18-49(70-59(83)52(30-44-35-66-48-19-12-11-17-46(44)48)73-63(87)88-64-32-41-24-42(33-64)26-43(25-41)34-64)58(82)72-53(31-55(78)79)60(84)71-51(29-39-15-9-6-10-16-39)62(86)75-74-61(85)50(28-38-13-7-5-8-14-38)69-54(77)36-67-56(80)37(2)68-57(81)47(65)27-40-20-22-45(76)23-21-40/h5-17,19-23,35,37,41-43,47,49-53,66,76H,3-4,18,24-34,36,65H2,1-2H3,(H,67,80)(H,68,81)(H,69,77)(H,70,83)(H,71,84)(H,72,82)(H,73,87)(H,74,85)(H,75,86)(H,78,79)/t37-,41?,42?,43?,47+,49+,50+,51+,52-,53+,64?/m1/s1. The van der Waals surface area contributed by atoms with Gasteiger partial charge in [0.2, 0.25) is 35.4 Å². The van der Waals surface area contributed by atoms with Crippen LogP contribution in [-0.4, -0.2) is 129 Å². The van der Waals surface area contributed by atoms with Crippen molar-refractivity contribution >= 4 is 70.2 Å². The van der Waals surface area contributed by atoms with E-state index in [1.165, 1.54) is 19.1 Å². The fourth-order valence-electron chi connectivity index (χ4n) is 12.5. The molecule has 24 nitrogen and oxygen atoms in total. The molecule has 468 valence electrons. The second kappa shape index (κ2) is 30.3. The minimum Gasteiger partial charge on any atom is -0.508 e. The third kappa shape index (κ3) is 18.4. The molecular weight excluding hydrogens is 1130 g/mol. The Kier molecular flexibility index (Phi) is 22.3. The first-order chi connectivity index (χ1) is 42.2. The molecule has 4 aromatic carbocycles. The van der Waals surface area contributed by atoms with Crippen LogP contribution in [-0.2, 0) is 73.6 Å². The summed E-state index contributed by atoms with van der Waals surface area (Å²) in [5.74, 6) is -6.81. The van der Waals surface area contributed by atoms with Gasteiger partial charge in [-0.25, -0.2) is 4.79 Å². The van der Waals surface area contributed by atoms with Crippen LogP contribution in [0.5, 0.6) is 5.75 Å². The first-order valence-electron chi connectivity index (χ1n) is 30.0. The third-order valence-electron chi connectivity index (χ3n) is 16.6. The molecule has 7 atom stereocenters. The lowest BCUT2D eigenvalue weighted by molar-refractivity contribution is -0.141. The summed E-state index contributed by atoms with van der Waals surface area (Å²) in [6.07, 6.45) is 6.62. The van der Waals surface area contributed by atoms with Gasteiger partial charge in [0, 0.05) is 36.4 Å². The Labute approximate surface area is 509 Å². The summed E-state index contributed by atoms with van der Waals surface area (Å²) >= 11 is 0. The van der Waals surface area contributed by atoms with Crippen molar-refractivity contribution in [2.24, 2.45) is 23.5 Å². The zero-order valence-corrected chi connectivity index (χ0v) is 49.3. The fraction of sp³-hybridized carbons (Fsp3) is 0.438.